The van der Waals surface area contributed by atoms with Gasteiger partial charge < -0.3 is 19.5 Å². The number of rotatable bonds is 8. The molecule has 1 N–H and O–H groups in total. The summed E-state index contributed by atoms with van der Waals surface area (Å²) in [6.07, 6.45) is 5.86. The second-order valence-electron chi connectivity index (χ2n) is 9.81. The molecule has 1 aliphatic rings. The summed E-state index contributed by atoms with van der Waals surface area (Å²) >= 11 is 0. The maximum atomic E-state index is 13.5. The van der Waals surface area contributed by atoms with Gasteiger partial charge in [0.15, 0.2) is 0 Å². The van der Waals surface area contributed by atoms with Crippen LogP contribution in [0.15, 0.2) is 78.9 Å². The summed E-state index contributed by atoms with van der Waals surface area (Å²) in [5.41, 5.74) is 5.29. The fourth-order valence-electron chi connectivity index (χ4n) is 5.10. The number of para-hydroxylation sites is 2. The number of imidazole rings is 1. The van der Waals surface area contributed by atoms with Crippen molar-refractivity contribution in [3.05, 3.63) is 101 Å². The Labute approximate surface area is 251 Å². The molecule has 0 amide bonds. The second-order valence-corrected chi connectivity index (χ2v) is 9.81. The van der Waals surface area contributed by atoms with Crippen LogP contribution in [0, 0.1) is 5.82 Å². The number of carboxylic acid groups (broad SMARTS) is 1. The fraction of sp³-hybridized carbons (Fsp3) is 0.290. The zero-order chi connectivity index (χ0) is 26.3. The third-order valence-corrected chi connectivity index (χ3v) is 7.09. The van der Waals surface area contributed by atoms with Gasteiger partial charge in [0.25, 0.3) is 0 Å². The quantitative estimate of drug-likeness (QED) is 0.259. The van der Waals surface area contributed by atoms with Crippen molar-refractivity contribution in [3.8, 4) is 0 Å². The predicted molar refractivity (Wildman–Crippen MR) is 157 cm³/mol. The van der Waals surface area contributed by atoms with Crippen molar-refractivity contribution in [2.24, 2.45) is 0 Å². The molecule has 0 radical (unpaired) electrons. The van der Waals surface area contributed by atoms with Gasteiger partial charge in [0, 0.05) is 25.7 Å². The Kier molecular flexibility index (Phi) is 10.3. The van der Waals surface area contributed by atoms with Gasteiger partial charge in [-0.3, -0.25) is 0 Å². The van der Waals surface area contributed by atoms with Crippen LogP contribution in [0.25, 0.3) is 17.1 Å². The minimum absolute atomic E-state index is 0. The Hall–Kier alpha value is -2.97. The van der Waals surface area contributed by atoms with Crippen LogP contribution in [0.4, 0.5) is 10.3 Å². The van der Waals surface area contributed by atoms with Gasteiger partial charge in [-0.1, -0.05) is 48.5 Å². The molecule has 0 atom stereocenters. The zero-order valence-electron chi connectivity index (χ0n) is 21.5. The van der Waals surface area contributed by atoms with Crippen LogP contribution < -0.4 is 4.90 Å². The molecule has 4 aromatic rings. The maximum absolute atomic E-state index is 13.5. The number of carbonyl (C=O) groups is 1. The summed E-state index contributed by atoms with van der Waals surface area (Å²) in [5.74, 6) is -0.168. The van der Waals surface area contributed by atoms with Gasteiger partial charge in [-0.2, -0.15) is 0 Å². The van der Waals surface area contributed by atoms with Crippen LogP contribution in [-0.4, -0.2) is 87.8 Å². The molecule has 2 heterocycles. The van der Waals surface area contributed by atoms with Crippen LogP contribution in [-0.2, 0) is 17.8 Å². The van der Waals surface area contributed by atoms with Crippen LogP contribution in [0.2, 0.25) is 0 Å². The molecule has 0 bridgehead atoms. The van der Waals surface area contributed by atoms with E-state index in [1.807, 2.05) is 36.4 Å². The summed E-state index contributed by atoms with van der Waals surface area (Å²) < 4.78 is 15.7. The molecule has 3 aromatic carbocycles. The second kappa shape index (κ2) is 13.9. The van der Waals surface area contributed by atoms with Crippen molar-refractivity contribution < 1.29 is 14.3 Å². The van der Waals surface area contributed by atoms with E-state index >= 15 is 0 Å². The van der Waals surface area contributed by atoms with Crippen molar-refractivity contribution in [2.45, 2.75) is 25.8 Å². The number of anilines is 1. The number of aromatic nitrogens is 2. The zero-order valence-corrected chi connectivity index (χ0v) is 21.5. The number of nitrogens with zero attached hydrogens (tertiary/aromatic N) is 4. The van der Waals surface area contributed by atoms with Crippen molar-refractivity contribution in [1.29, 1.82) is 0 Å². The molecule has 0 aliphatic carbocycles. The molecule has 39 heavy (non-hydrogen) atoms. The molecule has 0 unspecified atom stereocenters. The van der Waals surface area contributed by atoms with E-state index in [1.165, 1.54) is 17.7 Å². The van der Waals surface area contributed by atoms with E-state index in [-0.39, 0.29) is 35.4 Å². The van der Waals surface area contributed by atoms with E-state index in [4.69, 9.17) is 10.1 Å². The molecule has 1 aromatic heterocycles. The van der Waals surface area contributed by atoms with E-state index < -0.39 is 5.97 Å². The predicted octanol–water partition coefficient (Wildman–Crippen LogP) is 4.82. The minimum atomic E-state index is -0.935. The molecule has 6 nitrogen and oxygen atoms in total. The summed E-state index contributed by atoms with van der Waals surface area (Å²) in [4.78, 5) is 20.7. The van der Waals surface area contributed by atoms with Gasteiger partial charge in [0.2, 0.25) is 5.95 Å². The Morgan fingerprint density at radius 2 is 1.56 bits per heavy atom. The van der Waals surface area contributed by atoms with Crippen LogP contribution >= 0.6 is 0 Å². The molecule has 1 aliphatic heterocycles. The third kappa shape index (κ3) is 7.79. The summed E-state index contributed by atoms with van der Waals surface area (Å²) in [6, 6.07) is 23.1. The van der Waals surface area contributed by atoms with Gasteiger partial charge >= 0.3 is 35.5 Å². The monoisotopic (exact) mass is 536 g/mol. The molecule has 5 rings (SSSR count). The molecule has 1 fully saturated rings. The standard InChI is InChI=1S/C31H33FN4O2.Na.H/c32-27-14-11-26(12-15-27)23-36-29-6-2-1-5-28(29)33-31(36)35-20-3-18-34(19-4-21-35)22-17-25-9-7-24(8-10-25)13-16-30(37)38;;/h1-2,5-16H,3-4,17-23H2,(H,37,38);;/b16-13+;;. The van der Waals surface area contributed by atoms with Crippen molar-refractivity contribution in [1.82, 2.24) is 14.5 Å². The number of hydrogen-bond acceptors (Lipinski definition) is 4. The Balaban J connectivity index is 0.00000353. The van der Waals surface area contributed by atoms with Gasteiger partial charge in [-0.05, 0) is 79.4 Å². The van der Waals surface area contributed by atoms with Gasteiger partial charge in [0.1, 0.15) is 5.82 Å². The molecule has 198 valence electrons. The Morgan fingerprint density at radius 1 is 0.897 bits per heavy atom. The number of aliphatic carboxylic acids is 1. The van der Waals surface area contributed by atoms with Crippen molar-refractivity contribution >= 4 is 58.6 Å². The molecule has 8 heteroatoms. The summed E-state index contributed by atoms with van der Waals surface area (Å²) in [6.45, 7) is 5.61. The van der Waals surface area contributed by atoms with E-state index in [0.29, 0.717) is 6.54 Å². The normalized spacial score (nSPS) is 14.7. The Morgan fingerprint density at radius 3 is 2.26 bits per heavy atom. The first kappa shape index (κ1) is 29.0. The number of benzene rings is 3. The van der Waals surface area contributed by atoms with Crippen LogP contribution in [0.1, 0.15) is 29.5 Å². The van der Waals surface area contributed by atoms with Gasteiger partial charge in [-0.25, -0.2) is 14.2 Å². The summed E-state index contributed by atoms with van der Waals surface area (Å²) in [5, 5.41) is 8.79. The van der Waals surface area contributed by atoms with E-state index in [0.717, 1.165) is 86.2 Å². The van der Waals surface area contributed by atoms with Gasteiger partial charge in [0.05, 0.1) is 17.6 Å². The Bertz CT molecular complexity index is 1390. The van der Waals surface area contributed by atoms with E-state index in [2.05, 4.69) is 38.6 Å². The fourth-order valence-corrected chi connectivity index (χ4v) is 5.10. The molecule has 0 spiro atoms. The molecule has 1 saturated heterocycles. The van der Waals surface area contributed by atoms with E-state index in [1.54, 1.807) is 6.08 Å². The average molecular weight is 537 g/mol. The SMILES string of the molecule is O=C(O)/C=C/c1ccc(CCN2CCCN(c3nc4ccccc4n3Cc3ccc(F)cc3)CCC2)cc1.[NaH]. The average Bonchev–Trinajstić information content (AvgIpc) is 3.27. The number of fused-ring (bicyclic) bond motifs is 1. The first-order valence-corrected chi connectivity index (χ1v) is 13.2. The first-order chi connectivity index (χ1) is 18.5. The topological polar surface area (TPSA) is 61.6 Å². The first-order valence-electron chi connectivity index (χ1n) is 13.2. The van der Waals surface area contributed by atoms with Crippen molar-refractivity contribution in [2.75, 3.05) is 37.6 Å². The summed E-state index contributed by atoms with van der Waals surface area (Å²) in [7, 11) is 0. The molecule has 0 saturated carbocycles. The van der Waals surface area contributed by atoms with Crippen LogP contribution in [0.5, 0.6) is 0 Å². The van der Waals surface area contributed by atoms with Crippen molar-refractivity contribution in [3.63, 3.8) is 0 Å². The number of carboxylic acids is 1. The van der Waals surface area contributed by atoms with Crippen LogP contribution in [0.3, 0.4) is 0 Å². The van der Waals surface area contributed by atoms with Gasteiger partial charge in [-0.15, -0.1) is 0 Å². The third-order valence-electron chi connectivity index (χ3n) is 7.09. The molecular weight excluding hydrogens is 502 g/mol. The number of hydrogen-bond donors (Lipinski definition) is 1. The number of halogens is 1. The molecular formula is C31H34FN4NaO2. The van der Waals surface area contributed by atoms with E-state index in [9.17, 15) is 9.18 Å².